The summed E-state index contributed by atoms with van der Waals surface area (Å²) in [4.78, 5) is 23.4. The number of ether oxygens (including phenoxy) is 2. The van der Waals surface area contributed by atoms with Crippen molar-refractivity contribution in [1.82, 2.24) is 5.32 Å². The van der Waals surface area contributed by atoms with Gasteiger partial charge in [-0.25, -0.2) is 4.79 Å². The van der Waals surface area contributed by atoms with E-state index in [9.17, 15) is 14.7 Å². The lowest BCUT2D eigenvalue weighted by Crippen LogP contribution is -2.45. The highest BCUT2D eigenvalue weighted by molar-refractivity contribution is 5.76. The van der Waals surface area contributed by atoms with Gasteiger partial charge < -0.3 is 19.9 Å². The van der Waals surface area contributed by atoms with E-state index >= 15 is 0 Å². The summed E-state index contributed by atoms with van der Waals surface area (Å²) < 4.78 is 10.5. The van der Waals surface area contributed by atoms with E-state index in [4.69, 9.17) is 9.47 Å². The Balaban J connectivity index is 2.64. The average Bonchev–Trinajstić information content (AvgIpc) is 2.84. The van der Waals surface area contributed by atoms with E-state index in [0.717, 1.165) is 6.42 Å². The molecule has 1 aliphatic rings. The maximum Gasteiger partial charge on any atom is 0.407 e. The second-order valence-corrected chi connectivity index (χ2v) is 6.73. The molecule has 21 heavy (non-hydrogen) atoms. The Morgan fingerprint density at radius 1 is 1.38 bits per heavy atom. The second-order valence-electron chi connectivity index (χ2n) is 6.73. The van der Waals surface area contributed by atoms with E-state index in [2.05, 4.69) is 5.32 Å². The molecule has 1 amide bonds. The third-order valence-electron chi connectivity index (χ3n) is 3.80. The summed E-state index contributed by atoms with van der Waals surface area (Å²) in [5.41, 5.74) is -1.56. The molecule has 0 spiro atoms. The van der Waals surface area contributed by atoms with Crippen LogP contribution in [0.25, 0.3) is 0 Å². The number of carboxylic acids is 1. The molecule has 1 fully saturated rings. The zero-order valence-electron chi connectivity index (χ0n) is 13.4. The maximum absolute atomic E-state index is 11.7. The Morgan fingerprint density at radius 3 is 2.48 bits per heavy atom. The molecule has 122 valence electrons. The maximum atomic E-state index is 11.7. The van der Waals surface area contributed by atoms with Crippen LogP contribution in [0.5, 0.6) is 0 Å². The van der Waals surface area contributed by atoms with Gasteiger partial charge in [-0.15, -0.1) is 0 Å². The van der Waals surface area contributed by atoms with Gasteiger partial charge in [0.2, 0.25) is 0 Å². The fourth-order valence-corrected chi connectivity index (χ4v) is 2.51. The predicted molar refractivity (Wildman–Crippen MR) is 78.1 cm³/mol. The number of hydrogen-bond acceptors (Lipinski definition) is 4. The number of hydrogen-bond donors (Lipinski definition) is 2. The van der Waals surface area contributed by atoms with Crippen LogP contribution in [0.3, 0.4) is 0 Å². The molecule has 6 nitrogen and oxygen atoms in total. The predicted octanol–water partition coefficient (Wildman–Crippen LogP) is 2.42. The third-order valence-corrected chi connectivity index (χ3v) is 3.80. The zero-order valence-corrected chi connectivity index (χ0v) is 13.4. The Morgan fingerprint density at radius 2 is 2.05 bits per heavy atom. The van der Waals surface area contributed by atoms with Crippen LogP contribution in [0.1, 0.15) is 47.0 Å². The van der Waals surface area contributed by atoms with Crippen LogP contribution in [0.2, 0.25) is 0 Å². The molecule has 1 rings (SSSR count). The summed E-state index contributed by atoms with van der Waals surface area (Å²) in [6, 6.07) is 0. The quantitative estimate of drug-likeness (QED) is 0.787. The summed E-state index contributed by atoms with van der Waals surface area (Å²) in [6.45, 7) is 8.50. The Labute approximate surface area is 126 Å². The number of nitrogens with one attached hydrogen (secondary N) is 1. The molecule has 0 radical (unpaired) electrons. The molecule has 1 heterocycles. The van der Waals surface area contributed by atoms with Crippen LogP contribution in [0.4, 0.5) is 4.79 Å². The number of carbonyl (C=O) groups excluding carboxylic acids is 1. The number of alkyl carbamates (subject to hydrolysis) is 1. The monoisotopic (exact) mass is 301 g/mol. The molecule has 0 aromatic rings. The molecular formula is C15H27NO5. The molecule has 0 saturated carbocycles. The number of aliphatic carboxylic acids is 1. The van der Waals surface area contributed by atoms with E-state index in [0.29, 0.717) is 26.1 Å². The van der Waals surface area contributed by atoms with Crippen molar-refractivity contribution < 1.29 is 24.2 Å². The molecular weight excluding hydrogens is 274 g/mol. The first-order valence-electron chi connectivity index (χ1n) is 7.46. The highest BCUT2D eigenvalue weighted by atomic mass is 16.6. The zero-order chi connectivity index (χ0) is 16.1. The third kappa shape index (κ3) is 5.53. The van der Waals surface area contributed by atoms with E-state index < -0.39 is 23.1 Å². The fourth-order valence-electron chi connectivity index (χ4n) is 2.51. The van der Waals surface area contributed by atoms with Crippen LogP contribution in [-0.4, -0.2) is 42.5 Å². The first kappa shape index (κ1) is 17.8. The van der Waals surface area contributed by atoms with Gasteiger partial charge in [0, 0.05) is 19.8 Å². The minimum atomic E-state index is -0.963. The molecule has 1 saturated heterocycles. The van der Waals surface area contributed by atoms with Crippen LogP contribution in [-0.2, 0) is 14.3 Å². The van der Waals surface area contributed by atoms with Crippen LogP contribution in [0.15, 0.2) is 0 Å². The molecule has 0 aliphatic carbocycles. The summed E-state index contributed by atoms with van der Waals surface area (Å²) in [5.74, 6) is -0.644. The highest BCUT2D eigenvalue weighted by Crippen LogP contribution is 2.33. The van der Waals surface area contributed by atoms with Crippen LogP contribution >= 0.6 is 0 Å². The van der Waals surface area contributed by atoms with Gasteiger partial charge >= 0.3 is 12.1 Å². The van der Waals surface area contributed by atoms with Crippen molar-refractivity contribution in [1.29, 1.82) is 0 Å². The van der Waals surface area contributed by atoms with Crippen LogP contribution < -0.4 is 5.32 Å². The van der Waals surface area contributed by atoms with Crippen molar-refractivity contribution in [2.75, 3.05) is 19.8 Å². The van der Waals surface area contributed by atoms with Gasteiger partial charge in [-0.05, 0) is 46.0 Å². The summed E-state index contributed by atoms with van der Waals surface area (Å²) >= 11 is 0. The smallest absolute Gasteiger partial charge is 0.407 e. The fraction of sp³-hybridized carbons (Fsp3) is 0.867. The normalized spacial score (nSPS) is 21.6. The molecule has 0 bridgehead atoms. The average molecular weight is 301 g/mol. The second kappa shape index (κ2) is 7.11. The van der Waals surface area contributed by atoms with Crippen LogP contribution in [0, 0.1) is 11.3 Å². The lowest BCUT2D eigenvalue weighted by molar-refractivity contribution is -0.150. The topological polar surface area (TPSA) is 84.9 Å². The van der Waals surface area contributed by atoms with E-state index in [1.807, 2.05) is 6.92 Å². The van der Waals surface area contributed by atoms with Gasteiger partial charge in [-0.3, -0.25) is 4.79 Å². The van der Waals surface area contributed by atoms with Gasteiger partial charge in [-0.2, -0.15) is 0 Å². The lowest BCUT2D eigenvalue weighted by Gasteiger charge is -2.31. The first-order chi connectivity index (χ1) is 9.68. The molecule has 0 aromatic heterocycles. The summed E-state index contributed by atoms with van der Waals surface area (Å²) in [7, 11) is 0. The number of amides is 1. The molecule has 2 unspecified atom stereocenters. The standard InChI is InChI=1S/C15H27NO5/c1-5-15(12(17)18,8-11-6-7-20-9-11)10-16-13(19)21-14(2,3)4/h11H,5-10H2,1-4H3,(H,16,19)(H,17,18). The van der Waals surface area contributed by atoms with Gasteiger partial charge in [0.05, 0.1) is 5.41 Å². The largest absolute Gasteiger partial charge is 0.481 e. The van der Waals surface area contributed by atoms with E-state index in [1.54, 1.807) is 20.8 Å². The lowest BCUT2D eigenvalue weighted by atomic mass is 9.76. The van der Waals surface area contributed by atoms with Crippen molar-refractivity contribution in [3.05, 3.63) is 0 Å². The summed E-state index contributed by atoms with van der Waals surface area (Å²) in [5, 5.41) is 12.2. The van der Waals surface area contributed by atoms with Gasteiger partial charge in [0.15, 0.2) is 0 Å². The van der Waals surface area contributed by atoms with Crippen molar-refractivity contribution in [3.8, 4) is 0 Å². The van der Waals surface area contributed by atoms with E-state index in [-0.39, 0.29) is 12.5 Å². The van der Waals surface area contributed by atoms with Crippen molar-refractivity contribution in [2.24, 2.45) is 11.3 Å². The highest BCUT2D eigenvalue weighted by Gasteiger charge is 2.40. The minimum absolute atomic E-state index is 0.0737. The number of carbonyl (C=O) groups is 2. The minimum Gasteiger partial charge on any atom is -0.481 e. The molecule has 6 heteroatoms. The SMILES string of the molecule is CCC(CNC(=O)OC(C)(C)C)(CC1CCOC1)C(=O)O. The summed E-state index contributed by atoms with van der Waals surface area (Å²) in [6.07, 6.45) is 1.26. The van der Waals surface area contributed by atoms with Crippen molar-refractivity contribution in [3.63, 3.8) is 0 Å². The van der Waals surface area contributed by atoms with Crippen molar-refractivity contribution >= 4 is 12.1 Å². The first-order valence-corrected chi connectivity index (χ1v) is 7.46. The molecule has 2 N–H and O–H groups in total. The van der Waals surface area contributed by atoms with Gasteiger partial charge in [0.25, 0.3) is 0 Å². The number of rotatable bonds is 6. The van der Waals surface area contributed by atoms with E-state index in [1.165, 1.54) is 0 Å². The van der Waals surface area contributed by atoms with Crippen molar-refractivity contribution in [2.45, 2.75) is 52.6 Å². The molecule has 0 aromatic carbocycles. The Kier molecular flexibility index (Phi) is 6.01. The Bertz CT molecular complexity index is 371. The Hall–Kier alpha value is -1.30. The number of carboxylic acid groups (broad SMARTS) is 1. The van der Waals surface area contributed by atoms with Gasteiger partial charge in [-0.1, -0.05) is 6.92 Å². The molecule has 2 atom stereocenters. The molecule has 1 aliphatic heterocycles. The van der Waals surface area contributed by atoms with Gasteiger partial charge in [0.1, 0.15) is 5.60 Å².